The van der Waals surface area contributed by atoms with Gasteiger partial charge in [-0.1, -0.05) is 0 Å². The fraction of sp³-hybridized carbons (Fsp3) is 0.917. The molecule has 1 fully saturated rings. The molecule has 1 aliphatic rings. The number of rotatable bonds is 6. The maximum Gasteiger partial charge on any atom is 0.329 e. The molecule has 0 unspecified atom stereocenters. The van der Waals surface area contributed by atoms with Gasteiger partial charge in [0.15, 0.2) is 0 Å². The van der Waals surface area contributed by atoms with Gasteiger partial charge in [0.2, 0.25) is 0 Å². The lowest BCUT2D eigenvalue weighted by atomic mass is 10.3. The second kappa shape index (κ2) is 14.6. The Bertz CT molecular complexity index is 206. The third-order valence-corrected chi connectivity index (χ3v) is 1.91. The highest BCUT2D eigenvalue weighted by Crippen LogP contribution is 2.27. The zero-order chi connectivity index (χ0) is 15.9. The van der Waals surface area contributed by atoms with Crippen molar-refractivity contribution in [1.29, 1.82) is 0 Å². The van der Waals surface area contributed by atoms with Crippen molar-refractivity contribution in [3.63, 3.8) is 0 Å². The number of carboxylic acid groups (broad SMARTS) is 1. The maximum absolute atomic E-state index is 9.12. The molecular formula is C12H26O8. The normalized spacial score (nSPS) is 15.7. The Hall–Kier alpha value is -0.770. The number of carboxylic acids is 1. The minimum atomic E-state index is -1.19. The quantitative estimate of drug-likeness (QED) is 0.486. The molecule has 20 heavy (non-hydrogen) atoms. The van der Waals surface area contributed by atoms with Crippen LogP contribution in [0.1, 0.15) is 26.7 Å². The molecule has 0 aromatic rings. The van der Waals surface area contributed by atoms with Gasteiger partial charge < -0.3 is 34.6 Å². The number of carbonyl (C=O) groups is 1. The van der Waals surface area contributed by atoms with E-state index >= 15 is 0 Å². The molecule has 0 saturated carbocycles. The van der Waals surface area contributed by atoms with Crippen molar-refractivity contribution in [2.75, 3.05) is 39.6 Å². The summed E-state index contributed by atoms with van der Waals surface area (Å²) >= 11 is 0. The molecule has 0 aromatic carbocycles. The zero-order valence-corrected chi connectivity index (χ0v) is 12.1. The van der Waals surface area contributed by atoms with E-state index in [1.165, 1.54) is 0 Å². The fourth-order valence-corrected chi connectivity index (χ4v) is 1.30. The van der Waals surface area contributed by atoms with E-state index < -0.39 is 18.5 Å². The van der Waals surface area contributed by atoms with Crippen LogP contribution in [0.15, 0.2) is 0 Å². The summed E-state index contributed by atoms with van der Waals surface area (Å²) in [6.07, 6.45) is 1.88. The van der Waals surface area contributed by atoms with Gasteiger partial charge in [-0.2, -0.15) is 0 Å². The van der Waals surface area contributed by atoms with Gasteiger partial charge in [0, 0.05) is 19.6 Å². The minimum Gasteiger partial charge on any atom is -0.480 e. The van der Waals surface area contributed by atoms with Crippen molar-refractivity contribution < 1.29 is 39.4 Å². The predicted molar refractivity (Wildman–Crippen MR) is 70.1 cm³/mol. The smallest absolute Gasteiger partial charge is 0.329 e. The van der Waals surface area contributed by atoms with Crippen molar-refractivity contribution in [2.45, 2.75) is 32.7 Å². The van der Waals surface area contributed by atoms with Gasteiger partial charge in [-0.25, -0.2) is 4.79 Å². The van der Waals surface area contributed by atoms with E-state index in [0.717, 1.165) is 19.4 Å². The van der Waals surface area contributed by atoms with Crippen LogP contribution in [0.5, 0.6) is 0 Å². The summed E-state index contributed by atoms with van der Waals surface area (Å²) in [4.78, 5) is 9.12. The van der Waals surface area contributed by atoms with Crippen molar-refractivity contribution >= 4 is 5.97 Å². The van der Waals surface area contributed by atoms with Gasteiger partial charge in [-0.15, -0.1) is 0 Å². The Kier molecular flexibility index (Phi) is 15.8. The van der Waals surface area contributed by atoms with E-state index in [0.29, 0.717) is 13.2 Å². The predicted octanol–water partition coefficient (Wildman–Crippen LogP) is -0.442. The first-order valence-electron chi connectivity index (χ1n) is 6.48. The number of hydrogen-bond acceptors (Lipinski definition) is 7. The average molecular weight is 298 g/mol. The van der Waals surface area contributed by atoms with Gasteiger partial charge in [0.05, 0.1) is 19.8 Å². The summed E-state index contributed by atoms with van der Waals surface area (Å²) < 4.78 is 16.1. The lowest BCUT2D eigenvalue weighted by molar-refractivity contribution is -0.358. The van der Waals surface area contributed by atoms with Crippen LogP contribution in [0.3, 0.4) is 0 Å². The largest absolute Gasteiger partial charge is 0.480 e. The molecule has 0 atom stereocenters. The molecule has 0 spiro atoms. The number of ether oxygens (including phenoxy) is 3. The summed E-state index contributed by atoms with van der Waals surface area (Å²) in [5.41, 5.74) is 0. The Balaban J connectivity index is 0. The Labute approximate surface area is 118 Å². The molecule has 0 radical (unpaired) electrons. The third kappa shape index (κ3) is 12.3. The summed E-state index contributed by atoms with van der Waals surface area (Å²) in [6, 6.07) is 0. The van der Waals surface area contributed by atoms with E-state index in [2.05, 4.69) is 0 Å². The van der Waals surface area contributed by atoms with Crippen LogP contribution < -0.4 is 0 Å². The molecule has 122 valence electrons. The molecule has 1 rings (SSSR count). The standard InChI is InChI=1S/C8H16O3.C2H4O3.C2H6O2/c1-3-9-8(10-4-2)6-5-7-11-8;3-1-2(4)5;3-1-2-4/h3-7H2,1-2H3;3H,1H2,(H,4,5);3-4H,1-2H2. The highest BCUT2D eigenvalue weighted by molar-refractivity contribution is 5.67. The number of aliphatic carboxylic acids is 1. The second-order valence-electron chi connectivity index (χ2n) is 3.50. The van der Waals surface area contributed by atoms with Crippen LogP contribution in [0.2, 0.25) is 0 Å². The monoisotopic (exact) mass is 298 g/mol. The molecule has 1 aliphatic heterocycles. The summed E-state index contributed by atoms with van der Waals surface area (Å²) in [5.74, 6) is -1.89. The molecule has 4 N–H and O–H groups in total. The van der Waals surface area contributed by atoms with Crippen LogP contribution >= 0.6 is 0 Å². The third-order valence-electron chi connectivity index (χ3n) is 1.91. The molecule has 0 bridgehead atoms. The Morgan fingerprint density at radius 1 is 1.15 bits per heavy atom. The first kappa shape index (κ1) is 21.5. The lowest BCUT2D eigenvalue weighted by Crippen LogP contribution is -2.35. The summed E-state index contributed by atoms with van der Waals surface area (Å²) in [5, 5.41) is 30.3. The average Bonchev–Trinajstić information content (AvgIpc) is 2.89. The van der Waals surface area contributed by atoms with Crippen LogP contribution in [0.25, 0.3) is 0 Å². The first-order chi connectivity index (χ1) is 9.51. The SMILES string of the molecule is CCOC1(OCC)CCCO1.O=C(O)CO.OCCO. The topological polar surface area (TPSA) is 126 Å². The zero-order valence-electron chi connectivity index (χ0n) is 12.1. The molecule has 0 aliphatic carbocycles. The molecular weight excluding hydrogens is 272 g/mol. The molecule has 0 amide bonds. The van der Waals surface area contributed by atoms with Crippen molar-refractivity contribution in [3.05, 3.63) is 0 Å². The van der Waals surface area contributed by atoms with Gasteiger partial charge in [0.1, 0.15) is 6.61 Å². The minimum absolute atomic E-state index is 0.125. The molecule has 1 saturated heterocycles. The highest BCUT2D eigenvalue weighted by atomic mass is 16.9. The van der Waals surface area contributed by atoms with Crippen molar-refractivity contribution in [3.8, 4) is 0 Å². The van der Waals surface area contributed by atoms with Crippen LogP contribution in [0, 0.1) is 0 Å². The molecule has 0 aromatic heterocycles. The second-order valence-corrected chi connectivity index (χ2v) is 3.50. The van der Waals surface area contributed by atoms with Gasteiger partial charge >= 0.3 is 5.97 Å². The van der Waals surface area contributed by atoms with Crippen molar-refractivity contribution in [2.24, 2.45) is 0 Å². The van der Waals surface area contributed by atoms with Crippen LogP contribution in [-0.2, 0) is 19.0 Å². The molecule has 1 heterocycles. The van der Waals surface area contributed by atoms with Gasteiger partial charge in [-0.05, 0) is 20.3 Å². The Morgan fingerprint density at radius 2 is 1.60 bits per heavy atom. The number of aliphatic hydroxyl groups is 3. The summed E-state index contributed by atoms with van der Waals surface area (Å²) in [7, 11) is 0. The van der Waals surface area contributed by atoms with E-state index in [-0.39, 0.29) is 13.2 Å². The van der Waals surface area contributed by atoms with E-state index in [1.54, 1.807) is 0 Å². The van der Waals surface area contributed by atoms with Crippen LogP contribution in [0.4, 0.5) is 0 Å². The fourth-order valence-electron chi connectivity index (χ4n) is 1.30. The molecule has 8 heteroatoms. The maximum atomic E-state index is 9.12. The van der Waals surface area contributed by atoms with E-state index in [4.69, 9.17) is 39.4 Å². The van der Waals surface area contributed by atoms with Crippen LogP contribution in [-0.4, -0.2) is 72.0 Å². The first-order valence-corrected chi connectivity index (χ1v) is 6.48. The van der Waals surface area contributed by atoms with E-state index in [1.807, 2.05) is 13.8 Å². The number of hydrogen-bond donors (Lipinski definition) is 4. The van der Waals surface area contributed by atoms with Gasteiger partial charge in [0.25, 0.3) is 5.97 Å². The molecule has 8 nitrogen and oxygen atoms in total. The van der Waals surface area contributed by atoms with E-state index in [9.17, 15) is 0 Å². The number of aliphatic hydroxyl groups excluding tert-OH is 3. The highest BCUT2D eigenvalue weighted by Gasteiger charge is 2.36. The lowest BCUT2D eigenvalue weighted by Gasteiger charge is -2.26. The van der Waals surface area contributed by atoms with Gasteiger partial charge in [-0.3, -0.25) is 0 Å². The Morgan fingerprint density at radius 3 is 1.80 bits per heavy atom. The van der Waals surface area contributed by atoms with Crippen molar-refractivity contribution in [1.82, 2.24) is 0 Å². The summed E-state index contributed by atoms with van der Waals surface area (Å²) in [6.45, 7) is 4.89.